The van der Waals surface area contributed by atoms with Crippen LogP contribution in [-0.2, 0) is 16.4 Å². The Kier molecular flexibility index (Phi) is 5.40. The van der Waals surface area contributed by atoms with Crippen molar-refractivity contribution in [3.05, 3.63) is 53.6 Å². The van der Waals surface area contributed by atoms with E-state index in [9.17, 15) is 8.42 Å². The minimum absolute atomic E-state index is 0.00483. The summed E-state index contributed by atoms with van der Waals surface area (Å²) in [5.74, 6) is 0. The summed E-state index contributed by atoms with van der Waals surface area (Å²) in [6.07, 6.45) is 2.23. The fraction of sp³-hybridized carbons (Fsp3) is 0.381. The second kappa shape index (κ2) is 7.81. The average Bonchev–Trinajstić information content (AvgIpc) is 3.12. The van der Waals surface area contributed by atoms with E-state index in [0.717, 1.165) is 27.8 Å². The lowest BCUT2D eigenvalue weighted by atomic mass is 10.1. The summed E-state index contributed by atoms with van der Waals surface area (Å²) in [4.78, 5) is 4.97. The topological polar surface area (TPSA) is 59.5 Å². The third-order valence-electron chi connectivity index (χ3n) is 5.24. The zero-order valence-electron chi connectivity index (χ0n) is 16.1. The van der Waals surface area contributed by atoms with E-state index in [1.54, 1.807) is 27.8 Å². The fourth-order valence-corrected chi connectivity index (χ4v) is 5.92. The Morgan fingerprint density at radius 3 is 2.50 bits per heavy atom. The van der Waals surface area contributed by atoms with Crippen LogP contribution in [0.15, 0.2) is 47.4 Å². The Morgan fingerprint density at radius 1 is 1.14 bits per heavy atom. The highest BCUT2D eigenvalue weighted by Crippen LogP contribution is 2.32. The maximum absolute atomic E-state index is 12.9. The number of thiazole rings is 1. The number of sulfonamides is 1. The minimum Gasteiger partial charge on any atom is -0.467 e. The van der Waals surface area contributed by atoms with E-state index in [1.165, 1.54) is 0 Å². The summed E-state index contributed by atoms with van der Waals surface area (Å²) in [5, 5.41) is 0.667. The molecule has 0 atom stereocenters. The highest BCUT2D eigenvalue weighted by molar-refractivity contribution is 7.89. The van der Waals surface area contributed by atoms with Gasteiger partial charge in [-0.2, -0.15) is 4.31 Å². The van der Waals surface area contributed by atoms with Gasteiger partial charge in [-0.1, -0.05) is 42.5 Å². The van der Waals surface area contributed by atoms with E-state index in [1.807, 2.05) is 37.3 Å². The lowest BCUT2D eigenvalue weighted by Gasteiger charge is -2.30. The second-order valence-electron chi connectivity index (χ2n) is 7.12. The van der Waals surface area contributed by atoms with Crippen LogP contribution in [-0.4, -0.2) is 36.9 Å². The van der Waals surface area contributed by atoms with Crippen molar-refractivity contribution in [3.8, 4) is 5.19 Å². The number of hydrogen-bond acceptors (Lipinski definition) is 5. The number of nitrogens with zero attached hydrogens (tertiary/aromatic N) is 2. The van der Waals surface area contributed by atoms with Gasteiger partial charge in [0.15, 0.2) is 0 Å². The van der Waals surface area contributed by atoms with Gasteiger partial charge in [0, 0.05) is 13.1 Å². The summed E-state index contributed by atoms with van der Waals surface area (Å²) < 4.78 is 34.5. The molecule has 0 amide bonds. The molecule has 2 heterocycles. The maximum atomic E-state index is 12.9. The number of benzene rings is 2. The van der Waals surface area contributed by atoms with E-state index in [-0.39, 0.29) is 6.10 Å². The van der Waals surface area contributed by atoms with Crippen LogP contribution < -0.4 is 4.74 Å². The molecule has 1 aromatic heterocycles. The second-order valence-corrected chi connectivity index (χ2v) is 10.1. The van der Waals surface area contributed by atoms with Gasteiger partial charge in [-0.05, 0) is 55.5 Å². The van der Waals surface area contributed by atoms with E-state index in [4.69, 9.17) is 4.74 Å². The molecule has 4 rings (SSSR count). The van der Waals surface area contributed by atoms with Crippen LogP contribution in [0, 0.1) is 6.92 Å². The van der Waals surface area contributed by atoms with E-state index in [2.05, 4.69) is 11.9 Å². The first-order chi connectivity index (χ1) is 13.5. The quantitative estimate of drug-likeness (QED) is 0.619. The molecule has 2 aromatic carbocycles. The molecule has 0 spiro atoms. The number of rotatable bonds is 5. The summed E-state index contributed by atoms with van der Waals surface area (Å²) in [7, 11) is -3.44. The highest BCUT2D eigenvalue weighted by Gasteiger charge is 2.30. The summed E-state index contributed by atoms with van der Waals surface area (Å²) >= 11 is 1.55. The van der Waals surface area contributed by atoms with Crippen molar-refractivity contribution in [2.45, 2.75) is 44.1 Å². The van der Waals surface area contributed by atoms with Gasteiger partial charge >= 0.3 is 0 Å². The average molecular weight is 417 g/mol. The number of piperidine rings is 1. The molecule has 0 saturated carbocycles. The molecule has 0 aliphatic carbocycles. The molecule has 3 aromatic rings. The number of aryl methyl sites for hydroxylation is 2. The summed E-state index contributed by atoms with van der Waals surface area (Å²) in [6, 6.07) is 13.3. The lowest BCUT2D eigenvalue weighted by molar-refractivity contribution is 0.135. The van der Waals surface area contributed by atoms with E-state index < -0.39 is 10.0 Å². The van der Waals surface area contributed by atoms with Gasteiger partial charge in [-0.25, -0.2) is 13.4 Å². The lowest BCUT2D eigenvalue weighted by Crippen LogP contribution is -2.41. The summed E-state index contributed by atoms with van der Waals surface area (Å²) in [5.41, 5.74) is 3.26. The molecule has 0 N–H and O–H groups in total. The van der Waals surface area contributed by atoms with E-state index >= 15 is 0 Å². The molecule has 0 bridgehead atoms. The van der Waals surface area contributed by atoms with Gasteiger partial charge in [-0.15, -0.1) is 0 Å². The molecular weight excluding hydrogens is 392 g/mol. The standard InChI is InChI=1S/C21H24N2O3S2/c1-3-16-7-9-18(10-8-16)28(24,25)23-13-11-17(12-14-23)26-21-22-20-15(2)5-4-6-19(20)27-21/h4-10,17H,3,11-14H2,1-2H3. The zero-order valence-corrected chi connectivity index (χ0v) is 17.7. The molecule has 1 saturated heterocycles. The zero-order chi connectivity index (χ0) is 19.7. The van der Waals surface area contributed by atoms with Crippen molar-refractivity contribution in [2.75, 3.05) is 13.1 Å². The number of aromatic nitrogens is 1. The van der Waals surface area contributed by atoms with Crippen LogP contribution in [0.3, 0.4) is 0 Å². The van der Waals surface area contributed by atoms with Crippen molar-refractivity contribution in [2.24, 2.45) is 0 Å². The predicted molar refractivity (Wildman–Crippen MR) is 113 cm³/mol. The molecule has 5 nitrogen and oxygen atoms in total. The van der Waals surface area contributed by atoms with Crippen molar-refractivity contribution < 1.29 is 13.2 Å². The molecule has 28 heavy (non-hydrogen) atoms. The molecule has 1 fully saturated rings. The third-order valence-corrected chi connectivity index (χ3v) is 8.06. The number of ether oxygens (including phenoxy) is 1. The number of fused-ring (bicyclic) bond motifs is 1. The first kappa shape index (κ1) is 19.4. The van der Waals surface area contributed by atoms with Crippen LogP contribution in [0.1, 0.15) is 30.9 Å². The predicted octanol–water partition coefficient (Wildman–Crippen LogP) is 4.40. The highest BCUT2D eigenvalue weighted by atomic mass is 32.2. The molecular formula is C21H24N2O3S2. The van der Waals surface area contributed by atoms with Gasteiger partial charge in [0.25, 0.3) is 5.19 Å². The van der Waals surface area contributed by atoms with Gasteiger partial charge in [-0.3, -0.25) is 0 Å². The Morgan fingerprint density at radius 2 is 1.86 bits per heavy atom. The largest absolute Gasteiger partial charge is 0.467 e. The molecule has 1 aliphatic rings. The normalized spacial score (nSPS) is 16.5. The maximum Gasteiger partial charge on any atom is 0.274 e. The van der Waals surface area contributed by atoms with Crippen LogP contribution in [0.2, 0.25) is 0 Å². The molecule has 1 aliphatic heterocycles. The minimum atomic E-state index is -3.44. The Balaban J connectivity index is 1.41. The SMILES string of the molecule is CCc1ccc(S(=O)(=O)N2CCC(Oc3nc4c(C)cccc4s3)CC2)cc1. The first-order valence-electron chi connectivity index (χ1n) is 9.59. The first-order valence-corrected chi connectivity index (χ1v) is 11.8. The van der Waals surface area contributed by atoms with Crippen molar-refractivity contribution in [1.29, 1.82) is 0 Å². The Bertz CT molecular complexity index is 1070. The van der Waals surface area contributed by atoms with Crippen molar-refractivity contribution in [3.63, 3.8) is 0 Å². The van der Waals surface area contributed by atoms with Crippen LogP contribution in [0.4, 0.5) is 0 Å². The number of para-hydroxylation sites is 1. The summed E-state index contributed by atoms with van der Waals surface area (Å²) in [6.45, 7) is 5.03. The Hall–Kier alpha value is -1.96. The van der Waals surface area contributed by atoms with Gasteiger partial charge < -0.3 is 4.74 Å². The Labute approximate surface area is 170 Å². The molecule has 7 heteroatoms. The third kappa shape index (κ3) is 3.79. The van der Waals surface area contributed by atoms with E-state index in [0.29, 0.717) is 36.0 Å². The van der Waals surface area contributed by atoms with Crippen LogP contribution in [0.5, 0.6) is 5.19 Å². The fourth-order valence-electron chi connectivity index (χ4n) is 3.50. The van der Waals surface area contributed by atoms with Gasteiger partial charge in [0.05, 0.1) is 15.1 Å². The van der Waals surface area contributed by atoms with Gasteiger partial charge in [0.2, 0.25) is 10.0 Å². The molecule has 148 valence electrons. The molecule has 0 unspecified atom stereocenters. The smallest absolute Gasteiger partial charge is 0.274 e. The van der Waals surface area contributed by atoms with Crippen molar-refractivity contribution in [1.82, 2.24) is 9.29 Å². The monoisotopic (exact) mass is 416 g/mol. The van der Waals surface area contributed by atoms with Gasteiger partial charge in [0.1, 0.15) is 6.10 Å². The van der Waals surface area contributed by atoms with Crippen LogP contribution in [0.25, 0.3) is 10.2 Å². The molecule has 0 radical (unpaired) electrons. The van der Waals surface area contributed by atoms with Crippen LogP contribution >= 0.6 is 11.3 Å². The van der Waals surface area contributed by atoms with Crippen molar-refractivity contribution >= 4 is 31.6 Å². The number of hydrogen-bond donors (Lipinski definition) is 0.